The molecule has 0 amide bonds. The van der Waals surface area contributed by atoms with Crippen LogP contribution in [0.2, 0.25) is 0 Å². The van der Waals surface area contributed by atoms with Gasteiger partial charge in [-0.2, -0.15) is 9.98 Å². The van der Waals surface area contributed by atoms with E-state index in [9.17, 15) is 0 Å². The molecule has 1 aromatic rings. The molecule has 2 heterocycles. The molecule has 0 bridgehead atoms. The van der Waals surface area contributed by atoms with Crippen LogP contribution in [-0.4, -0.2) is 60.1 Å². The van der Waals surface area contributed by atoms with Crippen molar-refractivity contribution in [2.45, 2.75) is 6.92 Å². The van der Waals surface area contributed by atoms with E-state index < -0.39 is 0 Å². The van der Waals surface area contributed by atoms with Crippen LogP contribution in [0.5, 0.6) is 0 Å². The number of nitrogens with zero attached hydrogens (tertiary/aromatic N) is 5. The second-order valence-electron chi connectivity index (χ2n) is 4.55. The average molecular weight is 265 g/mol. The van der Waals surface area contributed by atoms with E-state index in [4.69, 9.17) is 16.0 Å². The Morgan fingerprint density at radius 1 is 1.32 bits per heavy atom. The molecule has 0 unspecified atom stereocenters. The molecular formula is C11H19N7O. The van der Waals surface area contributed by atoms with E-state index >= 15 is 0 Å². The number of aryl methyl sites for hydroxylation is 1. The minimum absolute atomic E-state index is 0.0772. The Morgan fingerprint density at radius 2 is 2.00 bits per heavy atom. The topological polar surface area (TPSA) is 109 Å². The Kier molecular flexibility index (Phi) is 4.00. The second-order valence-corrected chi connectivity index (χ2v) is 4.55. The third kappa shape index (κ3) is 3.44. The smallest absolute Gasteiger partial charge is 0.225 e. The van der Waals surface area contributed by atoms with E-state index in [-0.39, 0.29) is 5.96 Å². The predicted molar refractivity (Wildman–Crippen MR) is 73.2 cm³/mol. The summed E-state index contributed by atoms with van der Waals surface area (Å²) in [5.41, 5.74) is 12.4. The van der Waals surface area contributed by atoms with Crippen LogP contribution in [0.1, 0.15) is 5.56 Å². The molecule has 0 aliphatic carbocycles. The lowest BCUT2D eigenvalue weighted by atomic mass is 10.3. The largest absolute Gasteiger partial charge is 0.369 e. The van der Waals surface area contributed by atoms with Crippen LogP contribution >= 0.6 is 0 Å². The molecule has 1 aromatic heterocycles. The number of hydrogen-bond donors (Lipinski definition) is 2. The van der Waals surface area contributed by atoms with Gasteiger partial charge in [0, 0.05) is 31.7 Å². The third-order valence-corrected chi connectivity index (χ3v) is 3.00. The van der Waals surface area contributed by atoms with Crippen LogP contribution in [0, 0.1) is 6.92 Å². The first kappa shape index (κ1) is 13.3. The Labute approximate surface area is 111 Å². The van der Waals surface area contributed by atoms with Gasteiger partial charge in [0.2, 0.25) is 11.8 Å². The van der Waals surface area contributed by atoms with Crippen molar-refractivity contribution >= 4 is 17.7 Å². The lowest BCUT2D eigenvalue weighted by Gasteiger charge is -2.32. The zero-order valence-corrected chi connectivity index (χ0v) is 11.2. The van der Waals surface area contributed by atoms with Crippen molar-refractivity contribution in [3.8, 4) is 0 Å². The van der Waals surface area contributed by atoms with Crippen molar-refractivity contribution in [1.82, 2.24) is 15.0 Å². The van der Waals surface area contributed by atoms with Gasteiger partial charge in [0.05, 0.1) is 0 Å². The molecule has 0 aromatic carbocycles. The van der Waals surface area contributed by atoms with Crippen LogP contribution in [0.25, 0.3) is 0 Å². The van der Waals surface area contributed by atoms with Crippen LogP contribution in [-0.2, 0) is 0 Å². The van der Waals surface area contributed by atoms with E-state index in [0.717, 1.165) is 31.7 Å². The van der Waals surface area contributed by atoms with Crippen LogP contribution in [0.4, 0.5) is 5.82 Å². The van der Waals surface area contributed by atoms with E-state index in [1.54, 1.807) is 0 Å². The van der Waals surface area contributed by atoms with Gasteiger partial charge in [0.15, 0.2) is 5.96 Å². The summed E-state index contributed by atoms with van der Waals surface area (Å²) < 4.78 is 4.77. The number of piperazine rings is 1. The minimum atomic E-state index is 0.0772. The van der Waals surface area contributed by atoms with Crippen molar-refractivity contribution in [1.29, 1.82) is 0 Å². The molecule has 1 saturated heterocycles. The van der Waals surface area contributed by atoms with Gasteiger partial charge >= 0.3 is 0 Å². The maximum absolute atomic E-state index is 5.91. The van der Waals surface area contributed by atoms with Crippen molar-refractivity contribution in [2.24, 2.45) is 21.5 Å². The maximum Gasteiger partial charge on any atom is 0.225 e. The lowest BCUT2D eigenvalue weighted by Crippen LogP contribution is -2.50. The summed E-state index contributed by atoms with van der Waals surface area (Å²) in [5.74, 6) is 0.886. The SMILES string of the molecule is Cc1conc1N=C(N)/N=C(\N)N1CCN(C)CC1. The molecule has 2 rings (SSSR count). The molecule has 8 nitrogen and oxygen atoms in total. The molecule has 19 heavy (non-hydrogen) atoms. The van der Waals surface area contributed by atoms with Crippen LogP contribution in [0.15, 0.2) is 20.8 Å². The molecule has 0 radical (unpaired) electrons. The summed E-state index contributed by atoms with van der Waals surface area (Å²) in [6, 6.07) is 0. The van der Waals surface area contributed by atoms with Crippen molar-refractivity contribution < 1.29 is 4.52 Å². The normalized spacial score (nSPS) is 18.9. The third-order valence-electron chi connectivity index (χ3n) is 3.00. The van der Waals surface area contributed by atoms with E-state index in [1.165, 1.54) is 6.26 Å². The standard InChI is InChI=1S/C11H19N7O/c1-8-7-19-16-9(8)14-10(12)15-11(13)18-5-3-17(2)4-6-18/h7H,3-6H2,1-2H3,(H4,12,13,14,15,16). The Balaban J connectivity index is 2.04. The minimum Gasteiger partial charge on any atom is -0.369 e. The summed E-state index contributed by atoms with van der Waals surface area (Å²) in [6.45, 7) is 5.41. The summed E-state index contributed by atoms with van der Waals surface area (Å²) in [6.07, 6.45) is 1.50. The molecular weight excluding hydrogens is 246 g/mol. The Bertz CT molecular complexity index is 485. The number of guanidine groups is 2. The van der Waals surface area contributed by atoms with Gasteiger partial charge in [-0.25, -0.2) is 0 Å². The van der Waals surface area contributed by atoms with Gasteiger partial charge in [0.25, 0.3) is 0 Å². The number of aromatic nitrogens is 1. The highest BCUT2D eigenvalue weighted by Crippen LogP contribution is 2.14. The van der Waals surface area contributed by atoms with Gasteiger partial charge in [-0.05, 0) is 14.0 Å². The van der Waals surface area contributed by atoms with Crippen LogP contribution < -0.4 is 11.5 Å². The molecule has 8 heteroatoms. The monoisotopic (exact) mass is 265 g/mol. The highest BCUT2D eigenvalue weighted by molar-refractivity contribution is 5.94. The molecule has 1 aliphatic rings. The van der Waals surface area contributed by atoms with E-state index in [1.807, 2.05) is 11.8 Å². The summed E-state index contributed by atoms with van der Waals surface area (Å²) in [5, 5.41) is 3.71. The van der Waals surface area contributed by atoms with Gasteiger partial charge in [-0.1, -0.05) is 5.16 Å². The fraction of sp³-hybridized carbons (Fsp3) is 0.545. The number of likely N-dealkylation sites (N-methyl/N-ethyl adjacent to an activating group) is 1. The molecule has 0 spiro atoms. The Hall–Kier alpha value is -2.09. The summed E-state index contributed by atoms with van der Waals surface area (Å²) in [7, 11) is 2.08. The van der Waals surface area contributed by atoms with Crippen molar-refractivity contribution in [2.75, 3.05) is 33.2 Å². The zero-order chi connectivity index (χ0) is 13.8. The first-order chi connectivity index (χ1) is 9.06. The molecule has 1 fully saturated rings. The lowest BCUT2D eigenvalue weighted by molar-refractivity contribution is 0.214. The molecule has 4 N–H and O–H groups in total. The highest BCUT2D eigenvalue weighted by atomic mass is 16.5. The molecule has 104 valence electrons. The predicted octanol–water partition coefficient (Wildman–Crippen LogP) is -0.509. The van der Waals surface area contributed by atoms with Gasteiger partial charge in [0.1, 0.15) is 6.26 Å². The quantitative estimate of drug-likeness (QED) is 0.523. The van der Waals surface area contributed by atoms with Crippen molar-refractivity contribution in [3.63, 3.8) is 0 Å². The number of rotatable bonds is 1. The number of aliphatic imine (C=N–C) groups is 2. The zero-order valence-electron chi connectivity index (χ0n) is 11.2. The van der Waals surface area contributed by atoms with E-state index in [2.05, 4.69) is 27.1 Å². The van der Waals surface area contributed by atoms with Gasteiger partial charge in [-0.3, -0.25) is 0 Å². The second kappa shape index (κ2) is 5.70. The fourth-order valence-corrected chi connectivity index (χ4v) is 1.75. The van der Waals surface area contributed by atoms with Gasteiger partial charge in [-0.15, -0.1) is 0 Å². The molecule has 0 saturated carbocycles. The fourth-order valence-electron chi connectivity index (χ4n) is 1.75. The Morgan fingerprint density at radius 3 is 2.58 bits per heavy atom. The molecule has 0 atom stereocenters. The number of nitrogens with two attached hydrogens (primary N) is 2. The van der Waals surface area contributed by atoms with Gasteiger partial charge < -0.3 is 25.8 Å². The first-order valence-corrected chi connectivity index (χ1v) is 6.09. The van der Waals surface area contributed by atoms with Crippen LogP contribution in [0.3, 0.4) is 0 Å². The molecule has 1 aliphatic heterocycles. The van der Waals surface area contributed by atoms with E-state index in [0.29, 0.717) is 11.8 Å². The maximum atomic E-state index is 5.91. The summed E-state index contributed by atoms with van der Waals surface area (Å²) in [4.78, 5) is 12.4. The summed E-state index contributed by atoms with van der Waals surface area (Å²) >= 11 is 0. The first-order valence-electron chi connectivity index (χ1n) is 6.09. The van der Waals surface area contributed by atoms with Crippen molar-refractivity contribution in [3.05, 3.63) is 11.8 Å². The highest BCUT2D eigenvalue weighted by Gasteiger charge is 2.15. The average Bonchev–Trinajstić information content (AvgIpc) is 2.75. The number of hydrogen-bond acceptors (Lipinski definition) is 4.